The van der Waals surface area contributed by atoms with Gasteiger partial charge in [0.2, 0.25) is 0 Å². The van der Waals surface area contributed by atoms with Gasteiger partial charge in [-0.15, -0.1) is 0 Å². The average molecular weight is 278 g/mol. The van der Waals surface area contributed by atoms with Gasteiger partial charge in [0, 0.05) is 29.9 Å². The second kappa shape index (κ2) is 6.43. The first-order valence-electron chi connectivity index (χ1n) is 6.27. The number of rotatable bonds is 5. The molecule has 0 spiro atoms. The summed E-state index contributed by atoms with van der Waals surface area (Å²) < 4.78 is 29.3. The van der Waals surface area contributed by atoms with Gasteiger partial charge in [0.1, 0.15) is 5.75 Å². The van der Waals surface area contributed by atoms with Crippen LogP contribution < -0.4 is 10.5 Å². The first-order valence-corrected chi connectivity index (χ1v) is 6.27. The first-order chi connectivity index (χ1) is 9.58. The zero-order chi connectivity index (χ0) is 14.5. The van der Waals surface area contributed by atoms with Crippen molar-refractivity contribution in [2.24, 2.45) is 5.73 Å². The Morgan fingerprint density at radius 1 is 1.20 bits per heavy atom. The van der Waals surface area contributed by atoms with E-state index >= 15 is 0 Å². The van der Waals surface area contributed by atoms with Crippen LogP contribution in [0.15, 0.2) is 42.6 Å². The highest BCUT2D eigenvalue weighted by molar-refractivity contribution is 5.36. The molecule has 1 aromatic heterocycles. The number of nitrogens with zero attached hydrogens (tertiary/aromatic N) is 1. The summed E-state index contributed by atoms with van der Waals surface area (Å²) >= 11 is 0. The van der Waals surface area contributed by atoms with Crippen molar-refractivity contribution in [3.63, 3.8) is 0 Å². The van der Waals surface area contributed by atoms with Crippen molar-refractivity contribution in [3.05, 3.63) is 59.4 Å². The fraction of sp³-hybridized carbons (Fsp3) is 0.267. The molecule has 2 N–H and O–H groups in total. The van der Waals surface area contributed by atoms with E-state index in [1.807, 2.05) is 19.1 Å². The smallest absolute Gasteiger partial charge is 0.387 e. The summed E-state index contributed by atoms with van der Waals surface area (Å²) in [5.74, 6) is 0.114. The molecule has 1 aromatic carbocycles. The summed E-state index contributed by atoms with van der Waals surface area (Å²) in [5, 5.41) is 0. The molecule has 1 unspecified atom stereocenters. The van der Waals surface area contributed by atoms with Crippen LogP contribution in [0.5, 0.6) is 5.75 Å². The summed E-state index contributed by atoms with van der Waals surface area (Å²) in [4.78, 5) is 4.27. The van der Waals surface area contributed by atoms with Crippen LogP contribution in [0.2, 0.25) is 0 Å². The van der Waals surface area contributed by atoms with Crippen LogP contribution in [0.1, 0.15) is 22.9 Å². The van der Waals surface area contributed by atoms with Crippen LogP contribution in [-0.4, -0.2) is 11.6 Å². The van der Waals surface area contributed by atoms with Gasteiger partial charge >= 0.3 is 6.61 Å². The predicted molar refractivity (Wildman–Crippen MR) is 72.7 cm³/mol. The topological polar surface area (TPSA) is 48.1 Å². The predicted octanol–water partition coefficient (Wildman–Crippen LogP) is 3.23. The Hall–Kier alpha value is -2.01. The molecule has 5 heteroatoms. The average Bonchev–Trinajstić information content (AvgIpc) is 2.41. The molecule has 0 saturated carbocycles. The number of halogens is 2. The fourth-order valence-corrected chi connectivity index (χ4v) is 2.04. The molecule has 20 heavy (non-hydrogen) atoms. The second-order valence-corrected chi connectivity index (χ2v) is 4.49. The summed E-state index contributed by atoms with van der Waals surface area (Å²) in [6.45, 7) is -0.920. The zero-order valence-electron chi connectivity index (χ0n) is 11.1. The maximum Gasteiger partial charge on any atom is 0.387 e. The number of para-hydroxylation sites is 1. The van der Waals surface area contributed by atoms with Crippen molar-refractivity contribution in [2.75, 3.05) is 0 Å². The fourth-order valence-electron chi connectivity index (χ4n) is 2.04. The molecular weight excluding hydrogens is 262 g/mol. The standard InChI is InChI=1S/C15H16F2N2O/c1-10-5-4-8-19-13(10)9-12(18)11-6-2-3-7-14(11)20-15(16)17/h2-8,12,15H,9,18H2,1H3. The number of alkyl halides is 2. The lowest BCUT2D eigenvalue weighted by molar-refractivity contribution is -0.0506. The maximum absolute atomic E-state index is 12.4. The monoisotopic (exact) mass is 278 g/mol. The lowest BCUT2D eigenvalue weighted by Crippen LogP contribution is -2.17. The van der Waals surface area contributed by atoms with Gasteiger partial charge in [0.05, 0.1) is 0 Å². The molecule has 0 bridgehead atoms. The summed E-state index contributed by atoms with van der Waals surface area (Å²) in [5.41, 5.74) is 8.54. The van der Waals surface area contributed by atoms with Crippen molar-refractivity contribution < 1.29 is 13.5 Å². The molecular formula is C15H16F2N2O. The van der Waals surface area contributed by atoms with Gasteiger partial charge in [-0.05, 0) is 24.6 Å². The molecule has 0 aliphatic heterocycles. The highest BCUT2D eigenvalue weighted by Gasteiger charge is 2.16. The van der Waals surface area contributed by atoms with Crippen LogP contribution >= 0.6 is 0 Å². The van der Waals surface area contributed by atoms with Crippen molar-refractivity contribution in [3.8, 4) is 5.75 Å². The Bertz CT molecular complexity index is 575. The molecule has 3 nitrogen and oxygen atoms in total. The molecule has 106 valence electrons. The largest absolute Gasteiger partial charge is 0.434 e. The minimum atomic E-state index is -2.86. The number of ether oxygens (including phenoxy) is 1. The third-order valence-electron chi connectivity index (χ3n) is 3.07. The van der Waals surface area contributed by atoms with Gasteiger partial charge in [0.15, 0.2) is 0 Å². The molecule has 0 aliphatic carbocycles. The number of hydrogen-bond acceptors (Lipinski definition) is 3. The number of aryl methyl sites for hydroxylation is 1. The van der Waals surface area contributed by atoms with Gasteiger partial charge in [-0.25, -0.2) is 0 Å². The van der Waals surface area contributed by atoms with E-state index in [1.165, 1.54) is 6.07 Å². The number of aromatic nitrogens is 1. The highest BCUT2D eigenvalue weighted by Crippen LogP contribution is 2.27. The van der Waals surface area contributed by atoms with Gasteiger partial charge in [-0.3, -0.25) is 4.98 Å². The van der Waals surface area contributed by atoms with Crippen molar-refractivity contribution in [1.82, 2.24) is 4.98 Å². The van der Waals surface area contributed by atoms with E-state index in [4.69, 9.17) is 5.73 Å². The van der Waals surface area contributed by atoms with E-state index in [0.717, 1.165) is 11.3 Å². The van der Waals surface area contributed by atoms with E-state index in [0.29, 0.717) is 12.0 Å². The normalized spacial score (nSPS) is 12.4. The Morgan fingerprint density at radius 2 is 1.95 bits per heavy atom. The van der Waals surface area contributed by atoms with Crippen LogP contribution in [0.3, 0.4) is 0 Å². The molecule has 0 radical (unpaired) electrons. The number of nitrogens with two attached hydrogens (primary N) is 1. The van der Waals surface area contributed by atoms with Crippen molar-refractivity contribution in [1.29, 1.82) is 0 Å². The van der Waals surface area contributed by atoms with Crippen molar-refractivity contribution >= 4 is 0 Å². The summed E-state index contributed by atoms with van der Waals surface area (Å²) in [7, 11) is 0. The quantitative estimate of drug-likeness (QED) is 0.913. The Balaban J connectivity index is 2.21. The van der Waals surface area contributed by atoms with E-state index in [1.54, 1.807) is 24.4 Å². The zero-order valence-corrected chi connectivity index (χ0v) is 11.1. The van der Waals surface area contributed by atoms with E-state index in [2.05, 4.69) is 9.72 Å². The molecule has 0 fully saturated rings. The second-order valence-electron chi connectivity index (χ2n) is 4.49. The lowest BCUT2D eigenvalue weighted by atomic mass is 10.00. The van der Waals surface area contributed by atoms with Crippen molar-refractivity contribution in [2.45, 2.75) is 26.0 Å². The van der Waals surface area contributed by atoms with Crippen LogP contribution in [0.4, 0.5) is 8.78 Å². The lowest BCUT2D eigenvalue weighted by Gasteiger charge is -2.17. The van der Waals surface area contributed by atoms with E-state index < -0.39 is 12.7 Å². The van der Waals surface area contributed by atoms with E-state index in [9.17, 15) is 8.78 Å². The molecule has 0 aliphatic rings. The third kappa shape index (κ3) is 3.51. The summed E-state index contributed by atoms with van der Waals surface area (Å²) in [6, 6.07) is 9.92. The van der Waals surface area contributed by atoms with E-state index in [-0.39, 0.29) is 5.75 Å². The first kappa shape index (κ1) is 14.4. The molecule has 0 saturated heterocycles. The number of benzene rings is 1. The van der Waals surface area contributed by atoms with Gasteiger partial charge < -0.3 is 10.5 Å². The third-order valence-corrected chi connectivity index (χ3v) is 3.07. The molecule has 2 rings (SSSR count). The Labute approximate surface area is 116 Å². The Kier molecular flexibility index (Phi) is 4.63. The van der Waals surface area contributed by atoms with Crippen LogP contribution in [0.25, 0.3) is 0 Å². The van der Waals surface area contributed by atoms with Crippen LogP contribution in [-0.2, 0) is 6.42 Å². The highest BCUT2D eigenvalue weighted by atomic mass is 19.3. The number of hydrogen-bond donors (Lipinski definition) is 1. The summed E-state index contributed by atoms with van der Waals surface area (Å²) in [6.07, 6.45) is 2.16. The maximum atomic E-state index is 12.4. The van der Waals surface area contributed by atoms with Gasteiger partial charge in [0.25, 0.3) is 0 Å². The Morgan fingerprint density at radius 3 is 2.65 bits per heavy atom. The number of pyridine rings is 1. The van der Waals surface area contributed by atoms with Gasteiger partial charge in [-0.1, -0.05) is 24.3 Å². The minimum absolute atomic E-state index is 0.114. The SMILES string of the molecule is Cc1cccnc1CC(N)c1ccccc1OC(F)F. The minimum Gasteiger partial charge on any atom is -0.434 e. The van der Waals surface area contributed by atoms with Gasteiger partial charge in [-0.2, -0.15) is 8.78 Å². The molecule has 0 amide bonds. The van der Waals surface area contributed by atoms with Crippen LogP contribution in [0, 0.1) is 6.92 Å². The molecule has 2 aromatic rings. The molecule has 1 atom stereocenters. The molecule has 1 heterocycles.